The molecule has 7 nitrogen and oxygen atoms in total. The molecule has 0 unspecified atom stereocenters. The summed E-state index contributed by atoms with van der Waals surface area (Å²) in [5.74, 6) is -0.397. The third-order valence-corrected chi connectivity index (χ3v) is 3.12. The predicted molar refractivity (Wildman–Crippen MR) is 70.3 cm³/mol. The molecule has 0 amide bonds. The van der Waals surface area contributed by atoms with Crippen LogP contribution in [0.25, 0.3) is 0 Å². The van der Waals surface area contributed by atoms with Crippen molar-refractivity contribution in [1.82, 2.24) is 9.97 Å². The Morgan fingerprint density at radius 1 is 1.55 bits per heavy atom. The van der Waals surface area contributed by atoms with Crippen molar-refractivity contribution in [1.29, 1.82) is 5.26 Å². The maximum Gasteiger partial charge on any atom is 0.329 e. The minimum absolute atomic E-state index is 0.0393. The zero-order chi connectivity index (χ0) is 14.5. The molecular weight excluding hydrogens is 260 g/mol. The summed E-state index contributed by atoms with van der Waals surface area (Å²) in [7, 11) is 0. The molecule has 1 aromatic rings. The van der Waals surface area contributed by atoms with Crippen LogP contribution in [-0.4, -0.2) is 46.8 Å². The highest BCUT2D eigenvalue weighted by molar-refractivity contribution is 5.68. The Kier molecular flexibility index (Phi) is 4.48. The Balaban J connectivity index is 1.95. The predicted octanol–water partition coefficient (Wildman–Crippen LogP) is 0.727. The van der Waals surface area contributed by atoms with Crippen molar-refractivity contribution in [2.24, 2.45) is 0 Å². The van der Waals surface area contributed by atoms with Gasteiger partial charge in [-0.05, 0) is 25.8 Å². The number of hydrogen-bond acceptors (Lipinski definition) is 6. The summed E-state index contributed by atoms with van der Waals surface area (Å²) in [6.07, 6.45) is 1.42. The van der Waals surface area contributed by atoms with Gasteiger partial charge >= 0.3 is 5.97 Å². The van der Waals surface area contributed by atoms with E-state index in [9.17, 15) is 4.79 Å². The van der Waals surface area contributed by atoms with Crippen LogP contribution in [-0.2, 0) is 9.53 Å². The second-order valence-corrected chi connectivity index (χ2v) is 4.70. The first-order valence-corrected chi connectivity index (χ1v) is 6.42. The Morgan fingerprint density at radius 3 is 2.85 bits per heavy atom. The summed E-state index contributed by atoms with van der Waals surface area (Å²) in [6.45, 7) is 2.95. The number of hydrogen-bond donors (Lipinski definition) is 1. The first-order valence-electron chi connectivity index (χ1n) is 6.42. The van der Waals surface area contributed by atoms with Gasteiger partial charge in [-0.2, -0.15) is 5.26 Å². The van der Waals surface area contributed by atoms with Gasteiger partial charge in [0.1, 0.15) is 18.4 Å². The van der Waals surface area contributed by atoms with Crippen molar-refractivity contribution in [2.75, 3.05) is 24.6 Å². The first-order chi connectivity index (χ1) is 9.58. The zero-order valence-corrected chi connectivity index (χ0v) is 11.2. The van der Waals surface area contributed by atoms with E-state index in [0.29, 0.717) is 24.7 Å². The van der Waals surface area contributed by atoms with Crippen molar-refractivity contribution in [3.63, 3.8) is 0 Å². The lowest BCUT2D eigenvalue weighted by atomic mass is 10.1. The van der Waals surface area contributed by atoms with Crippen LogP contribution in [0.1, 0.15) is 24.2 Å². The highest BCUT2D eigenvalue weighted by Gasteiger charge is 2.22. The van der Waals surface area contributed by atoms with E-state index in [0.717, 1.165) is 18.5 Å². The average molecular weight is 276 g/mol. The van der Waals surface area contributed by atoms with E-state index < -0.39 is 5.97 Å². The molecule has 0 atom stereocenters. The lowest BCUT2D eigenvalue weighted by Gasteiger charge is -2.31. The molecule has 1 fully saturated rings. The van der Waals surface area contributed by atoms with Gasteiger partial charge in [-0.25, -0.2) is 14.8 Å². The van der Waals surface area contributed by atoms with Crippen LogP contribution >= 0.6 is 0 Å². The number of carboxylic acid groups (broad SMARTS) is 1. The number of nitriles is 1. The Morgan fingerprint density at radius 2 is 2.25 bits per heavy atom. The average Bonchev–Trinajstić information content (AvgIpc) is 2.45. The number of piperidine rings is 1. The van der Waals surface area contributed by atoms with Crippen LogP contribution in [0.15, 0.2) is 6.07 Å². The quantitative estimate of drug-likeness (QED) is 0.865. The molecule has 2 heterocycles. The van der Waals surface area contributed by atoms with Crippen LogP contribution in [0.4, 0.5) is 5.95 Å². The number of nitrogens with zero attached hydrogens (tertiary/aromatic N) is 4. The number of anilines is 1. The number of rotatable bonds is 4. The van der Waals surface area contributed by atoms with Gasteiger partial charge in [-0.1, -0.05) is 0 Å². The minimum atomic E-state index is -0.951. The highest BCUT2D eigenvalue weighted by atomic mass is 16.5. The molecule has 0 spiro atoms. The third kappa shape index (κ3) is 3.65. The molecule has 0 bridgehead atoms. The number of aryl methyl sites for hydroxylation is 1. The van der Waals surface area contributed by atoms with Gasteiger partial charge in [0.2, 0.25) is 5.95 Å². The lowest BCUT2D eigenvalue weighted by molar-refractivity contribution is -0.144. The van der Waals surface area contributed by atoms with E-state index in [1.54, 1.807) is 6.07 Å². The summed E-state index contributed by atoms with van der Waals surface area (Å²) in [6, 6.07) is 3.67. The number of carboxylic acids is 1. The highest BCUT2D eigenvalue weighted by Crippen LogP contribution is 2.18. The fraction of sp³-hybridized carbons (Fsp3) is 0.538. The van der Waals surface area contributed by atoms with Gasteiger partial charge in [0, 0.05) is 18.8 Å². The molecule has 0 saturated carbocycles. The fourth-order valence-corrected chi connectivity index (χ4v) is 2.16. The monoisotopic (exact) mass is 276 g/mol. The molecule has 0 aromatic carbocycles. The van der Waals surface area contributed by atoms with E-state index >= 15 is 0 Å². The molecule has 1 aliphatic heterocycles. The van der Waals surface area contributed by atoms with Gasteiger partial charge in [-0.3, -0.25) is 0 Å². The molecule has 7 heteroatoms. The van der Waals surface area contributed by atoms with E-state index in [-0.39, 0.29) is 12.7 Å². The molecular formula is C13H16N4O3. The molecule has 0 aliphatic carbocycles. The van der Waals surface area contributed by atoms with E-state index in [1.165, 1.54) is 0 Å². The minimum Gasteiger partial charge on any atom is -0.480 e. The van der Waals surface area contributed by atoms with Gasteiger partial charge in [0.25, 0.3) is 0 Å². The molecule has 1 aliphatic rings. The third-order valence-electron chi connectivity index (χ3n) is 3.12. The largest absolute Gasteiger partial charge is 0.480 e. The van der Waals surface area contributed by atoms with E-state index in [2.05, 4.69) is 9.97 Å². The molecule has 106 valence electrons. The van der Waals surface area contributed by atoms with Crippen LogP contribution < -0.4 is 4.90 Å². The SMILES string of the molecule is Cc1cc(C#N)nc(N2CCC(OCC(=O)O)CC2)n1. The Hall–Kier alpha value is -2.20. The van der Waals surface area contributed by atoms with E-state index in [1.807, 2.05) is 17.9 Å². The van der Waals surface area contributed by atoms with Crippen molar-refractivity contribution >= 4 is 11.9 Å². The Labute approximate surface area is 116 Å². The van der Waals surface area contributed by atoms with Crippen LogP contribution in [0.2, 0.25) is 0 Å². The van der Waals surface area contributed by atoms with Crippen LogP contribution in [0, 0.1) is 18.3 Å². The molecule has 1 saturated heterocycles. The van der Waals surface area contributed by atoms with Crippen LogP contribution in [0.5, 0.6) is 0 Å². The van der Waals surface area contributed by atoms with Crippen molar-refractivity contribution in [3.05, 3.63) is 17.5 Å². The van der Waals surface area contributed by atoms with Crippen molar-refractivity contribution in [2.45, 2.75) is 25.9 Å². The van der Waals surface area contributed by atoms with Crippen LogP contribution in [0.3, 0.4) is 0 Å². The smallest absolute Gasteiger partial charge is 0.329 e. The summed E-state index contributed by atoms with van der Waals surface area (Å²) in [4.78, 5) is 21.0. The molecule has 0 radical (unpaired) electrons. The zero-order valence-electron chi connectivity index (χ0n) is 11.2. The fourth-order valence-electron chi connectivity index (χ4n) is 2.16. The second kappa shape index (κ2) is 6.30. The maximum atomic E-state index is 10.4. The summed E-state index contributed by atoms with van der Waals surface area (Å²) in [5.41, 5.74) is 1.12. The van der Waals surface area contributed by atoms with Crippen molar-refractivity contribution < 1.29 is 14.6 Å². The van der Waals surface area contributed by atoms with Gasteiger partial charge in [0.15, 0.2) is 0 Å². The number of aromatic nitrogens is 2. The lowest BCUT2D eigenvalue weighted by Crippen LogP contribution is -2.38. The standard InChI is InChI=1S/C13H16N4O3/c1-9-6-10(7-14)16-13(15-9)17-4-2-11(3-5-17)20-8-12(18)19/h6,11H,2-5,8H2,1H3,(H,18,19). The second-order valence-electron chi connectivity index (χ2n) is 4.70. The van der Waals surface area contributed by atoms with E-state index in [4.69, 9.17) is 15.1 Å². The number of carbonyl (C=O) groups is 1. The summed E-state index contributed by atoms with van der Waals surface area (Å²) in [5, 5.41) is 17.5. The Bertz CT molecular complexity index is 533. The number of aliphatic carboxylic acids is 1. The number of ether oxygens (including phenoxy) is 1. The maximum absolute atomic E-state index is 10.4. The first kappa shape index (κ1) is 14.2. The summed E-state index contributed by atoms with van der Waals surface area (Å²) < 4.78 is 5.28. The molecule has 20 heavy (non-hydrogen) atoms. The van der Waals surface area contributed by atoms with Gasteiger partial charge in [0.05, 0.1) is 6.10 Å². The van der Waals surface area contributed by atoms with Gasteiger partial charge in [-0.15, -0.1) is 0 Å². The topological polar surface area (TPSA) is 99.3 Å². The molecule has 1 N–H and O–H groups in total. The molecule has 2 rings (SSSR count). The molecule has 1 aromatic heterocycles. The van der Waals surface area contributed by atoms with Crippen molar-refractivity contribution in [3.8, 4) is 6.07 Å². The summed E-state index contributed by atoms with van der Waals surface area (Å²) >= 11 is 0. The normalized spacial score (nSPS) is 15.9. The van der Waals surface area contributed by atoms with Gasteiger partial charge < -0.3 is 14.7 Å².